The maximum Gasteiger partial charge on any atom is 0 e. The average molecular weight is 878 g/mol. The van der Waals surface area contributed by atoms with E-state index in [1.165, 1.54) is 26.1 Å². The van der Waals surface area contributed by atoms with Gasteiger partial charge >= 0.3 is 158 Å². The molecule has 0 saturated heterocycles. The molecule has 247 valence electrons. The summed E-state index contributed by atoms with van der Waals surface area (Å²) in [5.41, 5.74) is 8.60. The van der Waals surface area contributed by atoms with Crippen LogP contribution in [0.1, 0.15) is 44.7 Å². The van der Waals surface area contributed by atoms with Gasteiger partial charge in [-0.1, -0.05) is 45.1 Å². The summed E-state index contributed by atoms with van der Waals surface area (Å²) in [7, 11) is -1.34. The molecule has 6 heteroatoms. The molecule has 0 unspecified atom stereocenters. The van der Waals surface area contributed by atoms with Gasteiger partial charge in [-0.25, -0.2) is 0 Å². The first-order valence-electron chi connectivity index (χ1n) is 16.5. The molecule has 6 rings (SSSR count). The molecule has 0 amide bonds. The normalized spacial score (nSPS) is 11.9. The zero-order valence-corrected chi connectivity index (χ0v) is 35.1. The van der Waals surface area contributed by atoms with Crippen LogP contribution < -0.4 is 9.58 Å². The first kappa shape index (κ1) is 37.0. The largest absolute Gasteiger partial charge is 0 e. The summed E-state index contributed by atoms with van der Waals surface area (Å²) in [6, 6.07) is 32.0. The molecule has 0 N–H and O–H groups in total. The van der Waals surface area contributed by atoms with Crippen molar-refractivity contribution in [2.45, 2.75) is 76.9 Å². The average Bonchev–Trinajstić information content (AvgIpc) is 3.39. The van der Waals surface area contributed by atoms with Gasteiger partial charge in [0.15, 0.2) is 0 Å². The van der Waals surface area contributed by atoms with Crippen LogP contribution in [0.4, 0.5) is 0 Å². The Morgan fingerprint density at radius 3 is 2.21 bits per heavy atom. The first-order valence-corrected chi connectivity index (χ1v) is 27.4. The molecule has 1 radical (unpaired) electrons. The van der Waals surface area contributed by atoms with E-state index in [9.17, 15) is 0 Å². The molecule has 0 bridgehead atoms. The van der Waals surface area contributed by atoms with E-state index in [1.54, 1.807) is 0 Å². The van der Waals surface area contributed by atoms with E-state index < -0.39 is 21.3 Å². The Balaban J connectivity index is 0.000000216. The SMILES string of the molecule is CC(C)Cc1cc(-c2[c-]cccc2)ncc1[Si](C)(C)C.CC(C)c1ccnc(-c2[c-]ccc3c2oc2c[c]([Ge]([CH3])([CH3])[CH3])ccc23)c1.[Ir]. The number of pyridine rings is 2. The molecular weight excluding hydrogens is 829 g/mol. The minimum Gasteiger partial charge on any atom is 0 e. The van der Waals surface area contributed by atoms with Crippen LogP contribution in [-0.2, 0) is 26.5 Å². The van der Waals surface area contributed by atoms with E-state index in [4.69, 9.17) is 4.42 Å². The molecule has 0 atom stereocenters. The Hall–Kier alpha value is -2.83. The van der Waals surface area contributed by atoms with Crippen molar-refractivity contribution in [2.24, 2.45) is 5.92 Å². The van der Waals surface area contributed by atoms with Crippen LogP contribution in [0.15, 0.2) is 89.6 Å². The van der Waals surface area contributed by atoms with Gasteiger partial charge in [-0.2, -0.15) is 0 Å². The quantitative estimate of drug-likeness (QED) is 0.118. The fourth-order valence-electron chi connectivity index (χ4n) is 5.82. The summed E-state index contributed by atoms with van der Waals surface area (Å²) in [6.45, 7) is 16.1. The molecule has 0 aliphatic carbocycles. The number of fused-ring (bicyclic) bond motifs is 3. The predicted molar refractivity (Wildman–Crippen MR) is 203 cm³/mol. The first-order chi connectivity index (χ1) is 21.7. The number of hydrogen-bond donors (Lipinski definition) is 0. The summed E-state index contributed by atoms with van der Waals surface area (Å²) < 4.78 is 7.79. The van der Waals surface area contributed by atoms with Crippen molar-refractivity contribution in [3.63, 3.8) is 0 Å². The molecule has 0 spiro atoms. The third kappa shape index (κ3) is 8.80. The van der Waals surface area contributed by atoms with Gasteiger partial charge in [0.25, 0.3) is 0 Å². The fraction of sp³-hybridized carbons (Fsp3) is 0.317. The standard InChI is InChI=1S/C23H24GeNO.C18H24NSi.Ir/c1-15(2)16-11-12-25-21(13-16)20-8-6-7-19-18-10-9-17(24(3,4)5)14-22(18)26-23(19)20;1-14(2)11-16-12-17(15-9-7-6-8-10-15)19-13-18(16)20(3,4)5;/h6-7,9-15H,1-5H3;6-9,12-14H,11H2,1-5H3;/q2*-1;. The van der Waals surface area contributed by atoms with Crippen LogP contribution in [0.25, 0.3) is 44.5 Å². The van der Waals surface area contributed by atoms with Crippen LogP contribution in [0.2, 0.25) is 36.9 Å². The van der Waals surface area contributed by atoms with Crippen molar-refractivity contribution in [1.29, 1.82) is 0 Å². The van der Waals surface area contributed by atoms with Gasteiger partial charge in [-0.3, -0.25) is 0 Å². The molecule has 0 fully saturated rings. The van der Waals surface area contributed by atoms with Gasteiger partial charge < -0.3 is 4.98 Å². The van der Waals surface area contributed by atoms with Crippen LogP contribution in [-0.4, -0.2) is 31.3 Å². The van der Waals surface area contributed by atoms with Crippen LogP contribution in [0.5, 0.6) is 0 Å². The predicted octanol–water partition coefficient (Wildman–Crippen LogP) is 10.4. The number of furan rings is 1. The number of aromatic nitrogens is 2. The summed E-state index contributed by atoms with van der Waals surface area (Å²) in [6.07, 6.45) is 5.12. The molecule has 3 nitrogen and oxygen atoms in total. The number of benzene rings is 3. The van der Waals surface area contributed by atoms with Gasteiger partial charge in [0, 0.05) is 26.3 Å². The molecule has 0 aliphatic heterocycles. The van der Waals surface area contributed by atoms with E-state index in [0.29, 0.717) is 11.8 Å². The monoisotopic (exact) mass is 879 g/mol. The Labute approximate surface area is 299 Å². The van der Waals surface area contributed by atoms with Crippen molar-refractivity contribution in [1.82, 2.24) is 9.97 Å². The molecule has 47 heavy (non-hydrogen) atoms. The van der Waals surface area contributed by atoms with Crippen LogP contribution >= 0.6 is 0 Å². The maximum absolute atomic E-state index is 6.33. The van der Waals surface area contributed by atoms with Crippen molar-refractivity contribution in [2.75, 3.05) is 0 Å². The van der Waals surface area contributed by atoms with Crippen molar-refractivity contribution in [3.05, 3.63) is 108 Å². The zero-order chi connectivity index (χ0) is 33.2. The number of hydrogen-bond acceptors (Lipinski definition) is 3. The van der Waals surface area contributed by atoms with E-state index in [-0.39, 0.29) is 20.1 Å². The van der Waals surface area contributed by atoms with Gasteiger partial charge in [0.05, 0.1) is 8.07 Å². The summed E-state index contributed by atoms with van der Waals surface area (Å²) in [4.78, 5) is 9.27. The van der Waals surface area contributed by atoms with Gasteiger partial charge in [-0.15, -0.1) is 35.9 Å². The Kier molecular flexibility index (Phi) is 11.9. The zero-order valence-electron chi connectivity index (χ0n) is 29.6. The van der Waals surface area contributed by atoms with Crippen molar-refractivity contribution in [3.8, 4) is 22.5 Å². The molecule has 0 aliphatic rings. The molecule has 0 saturated carbocycles. The second-order valence-electron chi connectivity index (χ2n) is 15.1. The topological polar surface area (TPSA) is 38.9 Å². The Morgan fingerprint density at radius 2 is 1.57 bits per heavy atom. The minimum absolute atomic E-state index is 0. The Morgan fingerprint density at radius 1 is 0.809 bits per heavy atom. The number of rotatable bonds is 7. The van der Waals surface area contributed by atoms with E-state index in [1.807, 2.05) is 30.5 Å². The van der Waals surface area contributed by atoms with Gasteiger partial charge in [-0.05, 0) is 23.2 Å². The van der Waals surface area contributed by atoms with E-state index in [2.05, 4.69) is 141 Å². The van der Waals surface area contributed by atoms with E-state index in [0.717, 1.165) is 45.5 Å². The minimum atomic E-state index is -1.89. The van der Waals surface area contributed by atoms with Gasteiger partial charge in [0.1, 0.15) is 0 Å². The number of nitrogens with zero attached hydrogens (tertiary/aromatic N) is 2. The van der Waals surface area contributed by atoms with Crippen molar-refractivity contribution >= 4 is 52.9 Å². The molecule has 3 aromatic carbocycles. The van der Waals surface area contributed by atoms with Gasteiger partial charge in [0.2, 0.25) is 0 Å². The summed E-state index contributed by atoms with van der Waals surface area (Å²) in [5, 5.41) is 3.80. The molecular formula is C41H48GeIrN2OSi-2. The van der Waals surface area contributed by atoms with Crippen molar-refractivity contribution < 1.29 is 24.5 Å². The molecule has 3 heterocycles. The second-order valence-corrected chi connectivity index (χ2v) is 30.8. The molecule has 6 aromatic rings. The van der Waals surface area contributed by atoms with E-state index >= 15 is 0 Å². The maximum atomic E-state index is 6.33. The smallest absolute Gasteiger partial charge is 0 e. The fourth-order valence-corrected chi connectivity index (χ4v) is 9.82. The van der Waals surface area contributed by atoms with Crippen LogP contribution in [0, 0.1) is 18.1 Å². The van der Waals surface area contributed by atoms with Crippen LogP contribution in [0.3, 0.4) is 0 Å². The molecule has 3 aromatic heterocycles. The third-order valence-corrected chi connectivity index (χ3v) is 14.8. The Bertz CT molecular complexity index is 1950. The third-order valence-electron chi connectivity index (χ3n) is 8.42. The summed E-state index contributed by atoms with van der Waals surface area (Å²) in [5.74, 6) is 8.35. The second kappa shape index (κ2) is 15.2. The summed E-state index contributed by atoms with van der Waals surface area (Å²) >= 11 is -1.89.